The van der Waals surface area contributed by atoms with Gasteiger partial charge in [-0.2, -0.15) is 0 Å². The van der Waals surface area contributed by atoms with Crippen LogP contribution in [0, 0.1) is 11.8 Å². The first-order valence-electron chi connectivity index (χ1n) is 11.0. The molecular weight excluding hydrogens is 388 g/mol. The molecule has 0 aromatic heterocycles. The third-order valence-corrected chi connectivity index (χ3v) is 5.80. The van der Waals surface area contributed by atoms with Gasteiger partial charge in [-0.25, -0.2) is 4.79 Å². The van der Waals surface area contributed by atoms with Gasteiger partial charge in [-0.05, 0) is 73.4 Å². The normalized spacial score (nSPS) is 20.0. The van der Waals surface area contributed by atoms with Crippen LogP contribution in [-0.2, 0) is 0 Å². The SMILES string of the molecule is CC(C)CCC1=CN(c2ccc(NC(=O)NC3=C4C=CNC[C@H]4CC=C3)cc2)NN1C. The average molecular weight is 421 g/mol. The first-order chi connectivity index (χ1) is 15.0. The second-order valence-electron chi connectivity index (χ2n) is 8.65. The number of anilines is 2. The second-order valence-corrected chi connectivity index (χ2v) is 8.65. The number of nitrogens with zero attached hydrogens (tertiary/aromatic N) is 2. The largest absolute Gasteiger partial charge is 0.390 e. The van der Waals surface area contributed by atoms with E-state index in [-0.39, 0.29) is 6.03 Å². The van der Waals surface area contributed by atoms with Crippen molar-refractivity contribution in [3.05, 3.63) is 71.9 Å². The smallest absolute Gasteiger partial charge is 0.323 e. The lowest BCUT2D eigenvalue weighted by Gasteiger charge is -2.26. The summed E-state index contributed by atoms with van der Waals surface area (Å²) in [5, 5.41) is 13.2. The minimum Gasteiger partial charge on any atom is -0.390 e. The van der Waals surface area contributed by atoms with Crippen LogP contribution in [0.2, 0.25) is 0 Å². The van der Waals surface area contributed by atoms with E-state index in [1.165, 1.54) is 11.3 Å². The van der Waals surface area contributed by atoms with Gasteiger partial charge in [0, 0.05) is 42.8 Å². The molecule has 0 spiro atoms. The van der Waals surface area contributed by atoms with E-state index in [2.05, 4.69) is 52.6 Å². The van der Waals surface area contributed by atoms with Gasteiger partial charge < -0.3 is 16.0 Å². The summed E-state index contributed by atoms with van der Waals surface area (Å²) in [5.41, 5.74) is 8.40. The molecule has 164 valence electrons. The van der Waals surface area contributed by atoms with Crippen LogP contribution in [0.5, 0.6) is 0 Å². The van der Waals surface area contributed by atoms with E-state index in [0.29, 0.717) is 11.8 Å². The molecule has 0 bridgehead atoms. The molecule has 2 amide bonds. The van der Waals surface area contributed by atoms with Crippen LogP contribution < -0.4 is 26.5 Å². The summed E-state index contributed by atoms with van der Waals surface area (Å²) >= 11 is 0. The van der Waals surface area contributed by atoms with E-state index in [1.807, 2.05) is 54.7 Å². The van der Waals surface area contributed by atoms with Crippen molar-refractivity contribution in [2.45, 2.75) is 33.1 Å². The van der Waals surface area contributed by atoms with Gasteiger partial charge in [0.2, 0.25) is 0 Å². The topological polar surface area (TPSA) is 71.7 Å². The third kappa shape index (κ3) is 5.11. The van der Waals surface area contributed by atoms with E-state index in [4.69, 9.17) is 0 Å². The van der Waals surface area contributed by atoms with Gasteiger partial charge in [0.05, 0.1) is 5.69 Å². The average Bonchev–Trinajstić information content (AvgIpc) is 3.13. The lowest BCUT2D eigenvalue weighted by atomic mass is 9.88. The Morgan fingerprint density at radius 1 is 1.19 bits per heavy atom. The molecule has 0 fully saturated rings. The fraction of sp³-hybridized carbons (Fsp3) is 0.375. The predicted octanol–water partition coefficient (Wildman–Crippen LogP) is 4.20. The standard InChI is InChI=1S/C24H32N6O/c1-17(2)7-10-21-16-30(28-29(21)3)20-11-8-19(9-12-20)26-24(31)27-23-6-4-5-18-15-25-14-13-22(18)23/h4,6,8-9,11-14,16-18,25,28H,5,7,10,15H2,1-3H3,(H2,26,27,31)/t18-/m1/s1. The van der Waals surface area contributed by atoms with Crippen molar-refractivity contribution in [3.63, 3.8) is 0 Å². The minimum atomic E-state index is -0.234. The Kier molecular flexibility index (Phi) is 6.32. The number of hydrogen-bond acceptors (Lipinski definition) is 5. The number of urea groups is 1. The Morgan fingerprint density at radius 3 is 2.77 bits per heavy atom. The molecule has 0 saturated heterocycles. The van der Waals surface area contributed by atoms with E-state index >= 15 is 0 Å². The van der Waals surface area contributed by atoms with Crippen molar-refractivity contribution in [3.8, 4) is 0 Å². The molecule has 4 rings (SSSR count). The highest BCUT2D eigenvalue weighted by atomic mass is 16.2. The molecule has 1 aromatic rings. The molecule has 7 heteroatoms. The third-order valence-electron chi connectivity index (χ3n) is 5.80. The van der Waals surface area contributed by atoms with Crippen molar-refractivity contribution >= 4 is 17.4 Å². The monoisotopic (exact) mass is 420 g/mol. The number of rotatable bonds is 6. The lowest BCUT2D eigenvalue weighted by molar-refractivity contribution is 0.254. The Hall–Kier alpha value is -3.19. The van der Waals surface area contributed by atoms with Gasteiger partial charge in [-0.15, -0.1) is 5.53 Å². The van der Waals surface area contributed by atoms with E-state index in [0.717, 1.165) is 42.9 Å². The van der Waals surface area contributed by atoms with E-state index in [1.54, 1.807) is 0 Å². The molecular formula is C24H32N6O. The van der Waals surface area contributed by atoms with Crippen LogP contribution in [0.4, 0.5) is 16.2 Å². The second kappa shape index (κ2) is 9.31. The first-order valence-corrected chi connectivity index (χ1v) is 11.0. The van der Waals surface area contributed by atoms with Crippen molar-refractivity contribution in [2.24, 2.45) is 11.8 Å². The highest BCUT2D eigenvalue weighted by Gasteiger charge is 2.21. The zero-order chi connectivity index (χ0) is 21.8. The maximum Gasteiger partial charge on any atom is 0.323 e. The molecule has 1 aliphatic carbocycles. The van der Waals surface area contributed by atoms with E-state index < -0.39 is 0 Å². The van der Waals surface area contributed by atoms with Crippen LogP contribution in [0.1, 0.15) is 33.1 Å². The van der Waals surface area contributed by atoms with Crippen LogP contribution in [0.25, 0.3) is 0 Å². The summed E-state index contributed by atoms with van der Waals surface area (Å²) < 4.78 is 0. The summed E-state index contributed by atoms with van der Waals surface area (Å²) in [5.74, 6) is 1.09. The molecule has 7 nitrogen and oxygen atoms in total. The molecule has 0 unspecified atom stereocenters. The number of benzene rings is 1. The van der Waals surface area contributed by atoms with Gasteiger partial charge in [0.1, 0.15) is 0 Å². The first kappa shape index (κ1) is 21.1. The van der Waals surface area contributed by atoms with Crippen LogP contribution >= 0.6 is 0 Å². The molecule has 31 heavy (non-hydrogen) atoms. The number of amides is 2. The van der Waals surface area contributed by atoms with Crippen molar-refractivity contribution in [1.82, 2.24) is 21.2 Å². The van der Waals surface area contributed by atoms with Gasteiger partial charge in [0.15, 0.2) is 0 Å². The summed E-state index contributed by atoms with van der Waals surface area (Å²) in [7, 11) is 2.03. The quantitative estimate of drug-likeness (QED) is 0.555. The van der Waals surface area contributed by atoms with Crippen molar-refractivity contribution in [1.29, 1.82) is 0 Å². The summed E-state index contributed by atoms with van der Waals surface area (Å²) in [4.78, 5) is 12.5. The highest BCUT2D eigenvalue weighted by molar-refractivity contribution is 5.91. The van der Waals surface area contributed by atoms with Crippen molar-refractivity contribution in [2.75, 3.05) is 23.9 Å². The molecule has 0 radical (unpaired) electrons. The fourth-order valence-corrected chi connectivity index (χ4v) is 3.97. The fourth-order valence-electron chi connectivity index (χ4n) is 3.97. The number of fused-ring (bicyclic) bond motifs is 1. The minimum absolute atomic E-state index is 0.234. The van der Waals surface area contributed by atoms with Crippen molar-refractivity contribution < 1.29 is 4.79 Å². The lowest BCUT2D eigenvalue weighted by Crippen LogP contribution is -2.38. The summed E-state index contributed by atoms with van der Waals surface area (Å²) in [6.07, 6.45) is 13.4. The Labute approximate surface area is 184 Å². The molecule has 0 saturated carbocycles. The molecule has 2 heterocycles. The molecule has 1 atom stereocenters. The zero-order valence-corrected chi connectivity index (χ0v) is 18.5. The molecule has 2 aliphatic heterocycles. The molecule has 4 N–H and O–H groups in total. The van der Waals surface area contributed by atoms with Gasteiger partial charge in [-0.1, -0.05) is 19.9 Å². The number of hydrogen-bond donors (Lipinski definition) is 4. The molecule has 1 aromatic carbocycles. The van der Waals surface area contributed by atoms with Crippen LogP contribution in [0.3, 0.4) is 0 Å². The Bertz CT molecular complexity index is 928. The Morgan fingerprint density at radius 2 is 2.00 bits per heavy atom. The number of carbonyl (C=O) groups excluding carboxylic acids is 1. The van der Waals surface area contributed by atoms with E-state index in [9.17, 15) is 4.79 Å². The Balaban J connectivity index is 1.36. The highest BCUT2D eigenvalue weighted by Crippen LogP contribution is 2.27. The maximum absolute atomic E-state index is 12.5. The summed E-state index contributed by atoms with van der Waals surface area (Å²) in [6.45, 7) is 5.38. The number of carbonyl (C=O) groups is 1. The number of hydrazine groups is 2. The van der Waals surface area contributed by atoms with Gasteiger partial charge >= 0.3 is 6.03 Å². The number of nitrogens with one attached hydrogen (secondary N) is 4. The van der Waals surface area contributed by atoms with Crippen LogP contribution in [0.15, 0.2) is 71.9 Å². The number of allylic oxidation sites excluding steroid dienone is 4. The van der Waals surface area contributed by atoms with Gasteiger partial charge in [-0.3, -0.25) is 10.0 Å². The molecule has 3 aliphatic rings. The van der Waals surface area contributed by atoms with Crippen LogP contribution in [-0.4, -0.2) is 24.6 Å². The predicted molar refractivity (Wildman–Crippen MR) is 126 cm³/mol. The zero-order valence-electron chi connectivity index (χ0n) is 18.5. The maximum atomic E-state index is 12.5. The summed E-state index contributed by atoms with van der Waals surface area (Å²) in [6, 6.07) is 7.58. The van der Waals surface area contributed by atoms with Gasteiger partial charge in [0.25, 0.3) is 0 Å².